The third-order valence-electron chi connectivity index (χ3n) is 12.8. The van der Waals surface area contributed by atoms with E-state index in [0.717, 1.165) is 75.4 Å². The molecular weight excluding hydrogens is 847 g/mol. The minimum absolute atomic E-state index is 0.0129. The Morgan fingerprint density at radius 1 is 0.368 bits per heavy atom. The second kappa shape index (κ2) is 21.6. The van der Waals surface area contributed by atoms with Gasteiger partial charge in [-0.2, -0.15) is 4.98 Å². The van der Waals surface area contributed by atoms with Crippen LogP contribution in [-0.4, -0.2) is 48.4 Å². The summed E-state index contributed by atoms with van der Waals surface area (Å²) in [6.45, 7) is 1.67. The zero-order valence-corrected chi connectivity index (χ0v) is 38.9. The van der Waals surface area contributed by atoms with Gasteiger partial charge in [-0.25, -0.2) is 15.0 Å². The van der Waals surface area contributed by atoms with Crippen LogP contribution in [0.3, 0.4) is 0 Å². The van der Waals surface area contributed by atoms with E-state index in [2.05, 4.69) is 137 Å². The smallest absolute Gasteiger partial charge is 0.225 e. The van der Waals surface area contributed by atoms with Crippen LogP contribution >= 0.6 is 0 Å². The molecule has 0 bridgehead atoms. The van der Waals surface area contributed by atoms with Gasteiger partial charge in [0.1, 0.15) is 28.8 Å². The summed E-state index contributed by atoms with van der Waals surface area (Å²) >= 11 is 0. The van der Waals surface area contributed by atoms with E-state index in [1.807, 2.05) is 48.5 Å². The van der Waals surface area contributed by atoms with Crippen LogP contribution in [0.1, 0.15) is 74.1 Å². The number of nitrogens with one attached hydrogen (secondary N) is 3. The molecule has 0 amide bonds. The molecule has 6 aromatic carbocycles. The number of methoxy groups -OCH3 is 4. The first-order valence-electron chi connectivity index (χ1n) is 23.1. The molecule has 11 nitrogen and oxygen atoms in total. The van der Waals surface area contributed by atoms with Crippen molar-refractivity contribution in [1.82, 2.24) is 19.9 Å². The zero-order valence-electron chi connectivity index (χ0n) is 38.9. The molecule has 2 atom stereocenters. The van der Waals surface area contributed by atoms with Gasteiger partial charge in [-0.1, -0.05) is 109 Å². The van der Waals surface area contributed by atoms with Crippen molar-refractivity contribution in [2.75, 3.05) is 44.4 Å². The van der Waals surface area contributed by atoms with Crippen molar-refractivity contribution in [2.24, 2.45) is 0 Å². The number of hydrogen-bond donors (Lipinski definition) is 3. The maximum Gasteiger partial charge on any atom is 0.225 e. The number of hydrogen-bond acceptors (Lipinski definition) is 11. The standard InChI is InChI=1S/C57H57N7O4/c1-65-45-25-16-38(17-26-45)15-24-44-33-49(62-56(61-44)59-36-40-20-29-47(67-3)30-21-40)54-52(42-11-7-5-8-12-42)55(53(54)43-13-9-6-10-14-43)50-34-51(58-35-39-18-27-46(66-2)28-19-39)64-57(63-50)60-37-41-22-31-48(68-4)32-23-41/h5-14,16-23,25-34,52-55H,15,24,35-37H2,1-4H3,(H,59,61,62)(H2,58,60,63,64)/t52-,53-,54?,55?/m1/s1. The topological polar surface area (TPSA) is 125 Å². The monoisotopic (exact) mass is 903 g/mol. The maximum atomic E-state index is 5.45. The van der Waals surface area contributed by atoms with Gasteiger partial charge in [-0.3, -0.25) is 0 Å². The fourth-order valence-electron chi connectivity index (χ4n) is 9.22. The van der Waals surface area contributed by atoms with Gasteiger partial charge in [0, 0.05) is 55.1 Å². The Balaban J connectivity index is 1.12. The Kier molecular flexibility index (Phi) is 14.4. The average Bonchev–Trinajstić information content (AvgIpc) is 3.39. The maximum absolute atomic E-state index is 5.45. The van der Waals surface area contributed by atoms with E-state index in [9.17, 15) is 0 Å². The van der Waals surface area contributed by atoms with Crippen molar-refractivity contribution < 1.29 is 18.9 Å². The van der Waals surface area contributed by atoms with E-state index in [1.165, 1.54) is 16.7 Å². The number of ether oxygens (including phenoxy) is 4. The van der Waals surface area contributed by atoms with E-state index in [-0.39, 0.29) is 23.7 Å². The third kappa shape index (κ3) is 10.8. The summed E-state index contributed by atoms with van der Waals surface area (Å²) in [6, 6.07) is 58.5. The highest BCUT2D eigenvalue weighted by atomic mass is 16.5. The molecular formula is C57H57N7O4. The van der Waals surface area contributed by atoms with Gasteiger partial charge in [0.05, 0.1) is 39.8 Å². The first-order valence-corrected chi connectivity index (χ1v) is 23.1. The first-order chi connectivity index (χ1) is 33.5. The van der Waals surface area contributed by atoms with Gasteiger partial charge >= 0.3 is 0 Å². The number of anilines is 3. The molecule has 0 radical (unpaired) electrons. The van der Waals surface area contributed by atoms with Crippen LogP contribution in [0.25, 0.3) is 0 Å². The SMILES string of the molecule is COc1ccc(CCc2cc(C3[C@@H](c4ccccc4)C(c4cc(NCc5ccc(OC)cc5)nc(NCc5ccc(OC)cc5)n4)[C@@H]3c3ccccc3)nc(NCc3ccc(OC)cc3)n2)cc1. The normalized spacial score (nSPS) is 16.2. The molecule has 2 heterocycles. The summed E-state index contributed by atoms with van der Waals surface area (Å²) in [5.41, 5.74) is 9.86. The largest absolute Gasteiger partial charge is 0.497 e. The second-order valence-electron chi connectivity index (χ2n) is 17.0. The lowest BCUT2D eigenvalue weighted by atomic mass is 9.50. The van der Waals surface area contributed by atoms with Crippen molar-refractivity contribution in [3.05, 3.63) is 220 Å². The molecule has 1 fully saturated rings. The zero-order chi connectivity index (χ0) is 46.7. The highest BCUT2D eigenvalue weighted by Crippen LogP contribution is 2.66. The van der Waals surface area contributed by atoms with Gasteiger partial charge < -0.3 is 34.9 Å². The minimum atomic E-state index is -0.0377. The minimum Gasteiger partial charge on any atom is -0.497 e. The molecule has 8 aromatic rings. The Labute approximate surface area is 399 Å². The van der Waals surface area contributed by atoms with E-state index in [1.54, 1.807) is 28.4 Å². The lowest BCUT2D eigenvalue weighted by molar-refractivity contribution is 0.220. The summed E-state index contributed by atoms with van der Waals surface area (Å²) in [5.74, 6) is 5.13. The average molecular weight is 904 g/mol. The Morgan fingerprint density at radius 2 is 0.750 bits per heavy atom. The van der Waals surface area contributed by atoms with Crippen LogP contribution in [0.5, 0.6) is 23.0 Å². The number of nitrogens with zero attached hydrogens (tertiary/aromatic N) is 4. The fraction of sp³-hybridized carbons (Fsp3) is 0.228. The summed E-state index contributed by atoms with van der Waals surface area (Å²) < 4.78 is 21.7. The van der Waals surface area contributed by atoms with Crippen LogP contribution in [0.15, 0.2) is 170 Å². The number of rotatable bonds is 20. The van der Waals surface area contributed by atoms with E-state index < -0.39 is 0 Å². The van der Waals surface area contributed by atoms with Crippen LogP contribution in [0.4, 0.5) is 17.7 Å². The Hall–Kier alpha value is -7.92. The van der Waals surface area contributed by atoms with Gasteiger partial charge in [0.2, 0.25) is 11.9 Å². The van der Waals surface area contributed by atoms with Crippen LogP contribution in [0.2, 0.25) is 0 Å². The predicted octanol–water partition coefficient (Wildman–Crippen LogP) is 11.4. The summed E-state index contributed by atoms with van der Waals surface area (Å²) in [6.07, 6.45) is 1.55. The number of aromatic nitrogens is 4. The second-order valence-corrected chi connectivity index (χ2v) is 17.0. The highest BCUT2D eigenvalue weighted by Gasteiger charge is 2.54. The molecule has 0 saturated heterocycles. The van der Waals surface area contributed by atoms with Crippen LogP contribution in [0, 0.1) is 0 Å². The van der Waals surface area contributed by atoms with E-state index in [0.29, 0.717) is 31.5 Å². The third-order valence-corrected chi connectivity index (χ3v) is 12.8. The molecule has 9 rings (SSSR count). The highest BCUT2D eigenvalue weighted by molar-refractivity contribution is 5.52. The van der Waals surface area contributed by atoms with E-state index in [4.69, 9.17) is 38.9 Å². The van der Waals surface area contributed by atoms with Gasteiger partial charge in [0.25, 0.3) is 0 Å². The molecule has 2 aromatic heterocycles. The molecule has 1 saturated carbocycles. The van der Waals surface area contributed by atoms with Crippen molar-refractivity contribution >= 4 is 17.7 Å². The lowest BCUT2D eigenvalue weighted by Gasteiger charge is -2.52. The number of benzene rings is 6. The van der Waals surface area contributed by atoms with Gasteiger partial charge in [-0.15, -0.1) is 0 Å². The Bertz CT molecular complexity index is 2500. The molecule has 0 spiro atoms. The van der Waals surface area contributed by atoms with Crippen LogP contribution < -0.4 is 34.9 Å². The van der Waals surface area contributed by atoms with Crippen LogP contribution in [-0.2, 0) is 32.5 Å². The fourth-order valence-corrected chi connectivity index (χ4v) is 9.22. The molecule has 68 heavy (non-hydrogen) atoms. The number of aryl methyl sites for hydroxylation is 2. The van der Waals surface area contributed by atoms with E-state index >= 15 is 0 Å². The Morgan fingerprint density at radius 3 is 1.18 bits per heavy atom. The molecule has 0 unspecified atom stereocenters. The molecule has 11 heteroatoms. The predicted molar refractivity (Wildman–Crippen MR) is 269 cm³/mol. The van der Waals surface area contributed by atoms with Crippen molar-refractivity contribution in [2.45, 2.75) is 56.1 Å². The molecule has 0 aliphatic heterocycles. The molecule has 3 N–H and O–H groups in total. The van der Waals surface area contributed by atoms with Crippen molar-refractivity contribution in [3.8, 4) is 23.0 Å². The summed E-state index contributed by atoms with van der Waals surface area (Å²) in [5, 5.41) is 10.8. The summed E-state index contributed by atoms with van der Waals surface area (Å²) in [4.78, 5) is 21.0. The van der Waals surface area contributed by atoms with Gasteiger partial charge in [0.15, 0.2) is 0 Å². The lowest BCUT2D eigenvalue weighted by Crippen LogP contribution is -2.41. The summed E-state index contributed by atoms with van der Waals surface area (Å²) in [7, 11) is 6.73. The molecule has 1 aliphatic carbocycles. The van der Waals surface area contributed by atoms with Crippen molar-refractivity contribution in [3.63, 3.8) is 0 Å². The van der Waals surface area contributed by atoms with Crippen molar-refractivity contribution in [1.29, 1.82) is 0 Å². The first kappa shape index (κ1) is 45.2. The molecule has 1 aliphatic rings. The molecule has 344 valence electrons. The quantitative estimate of drug-likeness (QED) is 0.0677. The van der Waals surface area contributed by atoms with Gasteiger partial charge in [-0.05, 0) is 101 Å².